The molecule has 0 bridgehead atoms. The van der Waals surface area contributed by atoms with E-state index in [-0.39, 0.29) is 10.9 Å². The Balaban J connectivity index is 3.69. The summed E-state index contributed by atoms with van der Waals surface area (Å²) in [5, 5.41) is 9.78. The first kappa shape index (κ1) is 14.3. The second-order valence-corrected chi connectivity index (χ2v) is 6.41. The topological polar surface area (TPSA) is 23.5 Å². The third-order valence-electron chi connectivity index (χ3n) is 2.07. The Morgan fingerprint density at radius 3 is 2.07 bits per heavy atom. The normalized spacial score (nSPS) is 14.8. The van der Waals surface area contributed by atoms with E-state index in [1.165, 1.54) is 0 Å². The minimum Gasteiger partial charge on any atom is -0.391 e. The fraction of sp³-hybridized carbons (Fsp3) is 1.00. The molecule has 86 valence electrons. The maximum absolute atomic E-state index is 9.78. The van der Waals surface area contributed by atoms with E-state index in [4.69, 9.17) is 0 Å². The van der Waals surface area contributed by atoms with Gasteiger partial charge in [0.1, 0.15) is 0 Å². The molecule has 0 aliphatic carbocycles. The number of nitrogens with zero attached hydrogens (tertiary/aromatic N) is 1. The molecule has 0 saturated heterocycles. The smallest absolute Gasteiger partial charge is 0.0757 e. The molecular weight excluding hydrogens is 194 g/mol. The number of likely N-dealkylation sites (N-methyl/N-ethyl adjacent to an activating group) is 1. The van der Waals surface area contributed by atoms with Gasteiger partial charge in [-0.3, -0.25) is 0 Å². The van der Waals surface area contributed by atoms with E-state index in [1.54, 1.807) is 0 Å². The number of hydrogen-bond acceptors (Lipinski definition) is 3. The fourth-order valence-electron chi connectivity index (χ4n) is 1.18. The quantitative estimate of drug-likeness (QED) is 0.741. The van der Waals surface area contributed by atoms with Gasteiger partial charge in [-0.25, -0.2) is 0 Å². The summed E-state index contributed by atoms with van der Waals surface area (Å²) in [7, 11) is 0. The average molecular weight is 219 g/mol. The summed E-state index contributed by atoms with van der Waals surface area (Å²) >= 11 is 1.83. The van der Waals surface area contributed by atoms with Gasteiger partial charge in [0.15, 0.2) is 0 Å². The van der Waals surface area contributed by atoms with Crippen molar-refractivity contribution in [1.82, 2.24) is 4.90 Å². The fourth-order valence-corrected chi connectivity index (χ4v) is 1.98. The van der Waals surface area contributed by atoms with E-state index in [9.17, 15) is 5.11 Å². The van der Waals surface area contributed by atoms with E-state index in [0.29, 0.717) is 0 Å². The summed E-state index contributed by atoms with van der Waals surface area (Å²) < 4.78 is 0.254. The first-order valence-corrected chi connectivity index (χ1v) is 6.42. The maximum Gasteiger partial charge on any atom is 0.0757 e. The number of hydrogen-bond donors (Lipinski definition) is 1. The molecule has 0 spiro atoms. The summed E-state index contributed by atoms with van der Waals surface area (Å²) in [4.78, 5) is 2.26. The molecule has 0 fully saturated rings. The Kier molecular flexibility index (Phi) is 6.83. The zero-order valence-corrected chi connectivity index (χ0v) is 11.0. The van der Waals surface area contributed by atoms with E-state index < -0.39 is 0 Å². The van der Waals surface area contributed by atoms with Crippen molar-refractivity contribution in [2.45, 2.75) is 45.5 Å². The second kappa shape index (κ2) is 6.70. The van der Waals surface area contributed by atoms with Crippen LogP contribution in [-0.4, -0.2) is 46.2 Å². The largest absolute Gasteiger partial charge is 0.391 e. The zero-order chi connectivity index (χ0) is 11.2. The summed E-state index contributed by atoms with van der Waals surface area (Å²) in [6, 6.07) is 0. The first-order chi connectivity index (χ1) is 6.39. The molecule has 14 heavy (non-hydrogen) atoms. The van der Waals surface area contributed by atoms with Gasteiger partial charge in [0.25, 0.3) is 0 Å². The Bertz CT molecular complexity index is 141. The lowest BCUT2D eigenvalue weighted by atomic mass is 10.3. The van der Waals surface area contributed by atoms with Crippen molar-refractivity contribution in [1.29, 1.82) is 0 Å². The number of aliphatic hydroxyl groups excluding tert-OH is 1. The van der Waals surface area contributed by atoms with Gasteiger partial charge in [-0.2, -0.15) is 11.8 Å². The Morgan fingerprint density at radius 2 is 1.71 bits per heavy atom. The molecule has 0 heterocycles. The van der Waals surface area contributed by atoms with Gasteiger partial charge >= 0.3 is 0 Å². The monoisotopic (exact) mass is 219 g/mol. The van der Waals surface area contributed by atoms with Crippen LogP contribution in [0.15, 0.2) is 0 Å². The molecule has 0 rings (SSSR count). The molecule has 0 saturated carbocycles. The van der Waals surface area contributed by atoms with Crippen LogP contribution in [0.3, 0.4) is 0 Å². The van der Waals surface area contributed by atoms with Crippen molar-refractivity contribution in [3.63, 3.8) is 0 Å². The standard InChI is InChI=1S/C11H25NOS/c1-6-12(7-2)8-10(13)9-14-11(3,4)5/h10,13H,6-9H2,1-5H3. The minimum absolute atomic E-state index is 0.195. The molecule has 0 amide bonds. The van der Waals surface area contributed by atoms with Crippen LogP contribution < -0.4 is 0 Å². The number of rotatable bonds is 6. The Hall–Kier alpha value is 0.270. The van der Waals surface area contributed by atoms with Crippen LogP contribution in [-0.2, 0) is 0 Å². The lowest BCUT2D eigenvalue weighted by Crippen LogP contribution is -2.34. The highest BCUT2D eigenvalue weighted by atomic mass is 32.2. The Labute approximate surface area is 93.1 Å². The van der Waals surface area contributed by atoms with Crippen LogP contribution in [0, 0.1) is 0 Å². The van der Waals surface area contributed by atoms with Crippen molar-refractivity contribution >= 4 is 11.8 Å². The molecular formula is C11H25NOS. The summed E-state index contributed by atoms with van der Waals surface area (Å²) in [6.45, 7) is 13.7. The molecule has 2 nitrogen and oxygen atoms in total. The number of aliphatic hydroxyl groups is 1. The van der Waals surface area contributed by atoms with Crippen LogP contribution in [0.25, 0.3) is 0 Å². The van der Waals surface area contributed by atoms with E-state index >= 15 is 0 Å². The molecule has 0 radical (unpaired) electrons. The molecule has 1 unspecified atom stereocenters. The highest BCUT2D eigenvalue weighted by molar-refractivity contribution is 8.00. The lowest BCUT2D eigenvalue weighted by molar-refractivity contribution is 0.136. The molecule has 0 aromatic carbocycles. The van der Waals surface area contributed by atoms with E-state index in [0.717, 1.165) is 25.4 Å². The predicted molar refractivity (Wildman–Crippen MR) is 66.0 cm³/mol. The first-order valence-electron chi connectivity index (χ1n) is 5.43. The predicted octanol–water partition coefficient (Wildman–Crippen LogP) is 2.22. The zero-order valence-electron chi connectivity index (χ0n) is 10.2. The molecule has 0 aromatic heterocycles. The van der Waals surface area contributed by atoms with Crippen LogP contribution in [0.1, 0.15) is 34.6 Å². The van der Waals surface area contributed by atoms with Gasteiger partial charge in [0, 0.05) is 17.0 Å². The molecule has 0 aromatic rings. The third kappa shape index (κ3) is 7.65. The lowest BCUT2D eigenvalue weighted by Gasteiger charge is -2.24. The van der Waals surface area contributed by atoms with Crippen molar-refractivity contribution in [2.75, 3.05) is 25.4 Å². The van der Waals surface area contributed by atoms with E-state index in [1.807, 2.05) is 11.8 Å². The van der Waals surface area contributed by atoms with Gasteiger partial charge in [-0.05, 0) is 13.1 Å². The SMILES string of the molecule is CCN(CC)CC(O)CSC(C)(C)C. The van der Waals surface area contributed by atoms with Crippen LogP contribution in [0.2, 0.25) is 0 Å². The van der Waals surface area contributed by atoms with Crippen LogP contribution >= 0.6 is 11.8 Å². The molecule has 3 heteroatoms. The summed E-state index contributed by atoms with van der Waals surface area (Å²) in [5.41, 5.74) is 0. The molecule has 0 aliphatic rings. The van der Waals surface area contributed by atoms with Gasteiger partial charge in [-0.15, -0.1) is 0 Å². The average Bonchev–Trinajstić information content (AvgIpc) is 2.09. The number of thioether (sulfide) groups is 1. The van der Waals surface area contributed by atoms with Gasteiger partial charge in [-0.1, -0.05) is 34.6 Å². The van der Waals surface area contributed by atoms with Crippen molar-refractivity contribution in [2.24, 2.45) is 0 Å². The van der Waals surface area contributed by atoms with Gasteiger partial charge < -0.3 is 10.0 Å². The van der Waals surface area contributed by atoms with Crippen LogP contribution in [0.5, 0.6) is 0 Å². The van der Waals surface area contributed by atoms with Crippen molar-refractivity contribution in [3.8, 4) is 0 Å². The van der Waals surface area contributed by atoms with Gasteiger partial charge in [0.05, 0.1) is 6.10 Å². The third-order valence-corrected chi connectivity index (χ3v) is 3.49. The summed E-state index contributed by atoms with van der Waals surface area (Å²) in [5.74, 6) is 0.833. The van der Waals surface area contributed by atoms with Crippen LogP contribution in [0.4, 0.5) is 0 Å². The van der Waals surface area contributed by atoms with E-state index in [2.05, 4.69) is 39.5 Å². The molecule has 1 N–H and O–H groups in total. The molecule has 0 aliphatic heterocycles. The van der Waals surface area contributed by atoms with Gasteiger partial charge in [0.2, 0.25) is 0 Å². The van der Waals surface area contributed by atoms with Crippen molar-refractivity contribution < 1.29 is 5.11 Å². The highest BCUT2D eigenvalue weighted by Gasteiger charge is 2.15. The minimum atomic E-state index is -0.195. The molecule has 1 atom stereocenters. The Morgan fingerprint density at radius 1 is 1.21 bits per heavy atom. The second-order valence-electron chi connectivity index (χ2n) is 4.56. The highest BCUT2D eigenvalue weighted by Crippen LogP contribution is 2.23. The maximum atomic E-state index is 9.78. The summed E-state index contributed by atoms with van der Waals surface area (Å²) in [6.07, 6.45) is -0.195. The van der Waals surface area contributed by atoms with Crippen molar-refractivity contribution in [3.05, 3.63) is 0 Å².